The molecule has 0 saturated heterocycles. The smallest absolute Gasteiger partial charge is 0.334 e. The Morgan fingerprint density at radius 2 is 1.76 bits per heavy atom. The van der Waals surface area contributed by atoms with Crippen molar-refractivity contribution in [2.75, 3.05) is 12.9 Å². The molecule has 1 amide bonds. The SMILES string of the molecule is CCC(NC(=O)CSc1ccc(OC)cc1)(C(=O)O)c1ccccc1. The molecule has 2 aromatic rings. The van der Waals surface area contributed by atoms with E-state index in [1.165, 1.54) is 11.8 Å². The Morgan fingerprint density at radius 3 is 2.28 bits per heavy atom. The van der Waals surface area contributed by atoms with Crippen molar-refractivity contribution < 1.29 is 19.4 Å². The number of ether oxygens (including phenoxy) is 1. The number of carboxylic acid groups (broad SMARTS) is 1. The number of hydrogen-bond donors (Lipinski definition) is 2. The number of thioether (sulfide) groups is 1. The summed E-state index contributed by atoms with van der Waals surface area (Å²) in [5, 5.41) is 12.4. The van der Waals surface area contributed by atoms with Crippen molar-refractivity contribution in [2.24, 2.45) is 0 Å². The van der Waals surface area contributed by atoms with Crippen molar-refractivity contribution >= 4 is 23.6 Å². The number of carbonyl (C=O) groups is 2. The lowest BCUT2D eigenvalue weighted by Gasteiger charge is -2.30. The first-order valence-electron chi connectivity index (χ1n) is 7.88. The third-order valence-corrected chi connectivity index (χ3v) is 4.96. The van der Waals surface area contributed by atoms with Crippen molar-refractivity contribution in [3.05, 3.63) is 60.2 Å². The minimum atomic E-state index is -1.42. The maximum atomic E-state index is 12.4. The molecule has 1 atom stereocenters. The highest BCUT2D eigenvalue weighted by Gasteiger charge is 2.40. The minimum Gasteiger partial charge on any atom is -0.497 e. The normalized spacial score (nSPS) is 12.9. The molecule has 25 heavy (non-hydrogen) atoms. The molecule has 0 fully saturated rings. The first-order chi connectivity index (χ1) is 12.0. The second-order valence-electron chi connectivity index (χ2n) is 5.44. The van der Waals surface area contributed by atoms with E-state index in [9.17, 15) is 14.7 Å². The Morgan fingerprint density at radius 1 is 1.12 bits per heavy atom. The lowest BCUT2D eigenvalue weighted by molar-refractivity contribution is -0.148. The van der Waals surface area contributed by atoms with Gasteiger partial charge in [0.05, 0.1) is 12.9 Å². The van der Waals surface area contributed by atoms with Gasteiger partial charge in [0.1, 0.15) is 5.75 Å². The van der Waals surface area contributed by atoms with E-state index in [2.05, 4.69) is 5.32 Å². The number of hydrogen-bond acceptors (Lipinski definition) is 4. The lowest BCUT2D eigenvalue weighted by atomic mass is 9.87. The third-order valence-electron chi connectivity index (χ3n) is 3.94. The summed E-state index contributed by atoms with van der Waals surface area (Å²) in [4.78, 5) is 25.2. The molecule has 0 spiro atoms. The summed E-state index contributed by atoms with van der Waals surface area (Å²) in [5.74, 6) is -0.513. The van der Waals surface area contributed by atoms with Gasteiger partial charge >= 0.3 is 5.97 Å². The molecule has 1 unspecified atom stereocenters. The second-order valence-corrected chi connectivity index (χ2v) is 6.49. The number of amides is 1. The van der Waals surface area contributed by atoms with Crippen LogP contribution in [0, 0.1) is 0 Å². The van der Waals surface area contributed by atoms with Gasteiger partial charge in [0, 0.05) is 4.90 Å². The maximum absolute atomic E-state index is 12.4. The van der Waals surface area contributed by atoms with Crippen LogP contribution in [0.2, 0.25) is 0 Å². The van der Waals surface area contributed by atoms with Crippen LogP contribution >= 0.6 is 11.8 Å². The Bertz CT molecular complexity index is 718. The number of carboxylic acids is 1. The second kappa shape index (κ2) is 8.58. The van der Waals surface area contributed by atoms with Crippen molar-refractivity contribution in [3.63, 3.8) is 0 Å². The van der Waals surface area contributed by atoms with E-state index >= 15 is 0 Å². The van der Waals surface area contributed by atoms with Gasteiger partial charge in [-0.15, -0.1) is 11.8 Å². The van der Waals surface area contributed by atoms with Gasteiger partial charge in [0.25, 0.3) is 0 Å². The highest BCUT2D eigenvalue weighted by Crippen LogP contribution is 2.26. The van der Waals surface area contributed by atoms with Gasteiger partial charge in [0.2, 0.25) is 5.91 Å². The molecule has 2 aromatic carbocycles. The number of aliphatic carboxylic acids is 1. The van der Waals surface area contributed by atoms with Gasteiger partial charge in [0.15, 0.2) is 5.54 Å². The Balaban J connectivity index is 2.08. The van der Waals surface area contributed by atoms with Crippen molar-refractivity contribution in [1.82, 2.24) is 5.32 Å². The fourth-order valence-electron chi connectivity index (χ4n) is 2.51. The zero-order valence-corrected chi connectivity index (χ0v) is 15.0. The summed E-state index contributed by atoms with van der Waals surface area (Å²) >= 11 is 1.35. The average molecular weight is 359 g/mol. The fourth-order valence-corrected chi connectivity index (χ4v) is 3.21. The van der Waals surface area contributed by atoms with E-state index in [1.54, 1.807) is 38.3 Å². The van der Waals surface area contributed by atoms with E-state index in [1.807, 2.05) is 30.3 Å². The first-order valence-corrected chi connectivity index (χ1v) is 8.87. The predicted octanol–water partition coefficient (Wildman–Crippen LogP) is 3.29. The van der Waals surface area contributed by atoms with Gasteiger partial charge in [-0.3, -0.25) is 4.79 Å². The predicted molar refractivity (Wildman–Crippen MR) is 97.9 cm³/mol. The third kappa shape index (κ3) is 4.54. The van der Waals surface area contributed by atoms with Crippen LogP contribution in [-0.2, 0) is 15.1 Å². The van der Waals surface area contributed by atoms with E-state index < -0.39 is 11.5 Å². The van der Waals surface area contributed by atoms with Crippen LogP contribution in [0.5, 0.6) is 5.75 Å². The minimum absolute atomic E-state index is 0.133. The number of nitrogens with one attached hydrogen (secondary N) is 1. The molecule has 2 rings (SSSR count). The monoisotopic (exact) mass is 359 g/mol. The van der Waals surface area contributed by atoms with Crippen LogP contribution < -0.4 is 10.1 Å². The number of methoxy groups -OCH3 is 1. The van der Waals surface area contributed by atoms with Crippen LogP contribution in [0.1, 0.15) is 18.9 Å². The zero-order chi connectivity index (χ0) is 18.3. The van der Waals surface area contributed by atoms with Crippen LogP contribution in [0.3, 0.4) is 0 Å². The Hall–Kier alpha value is -2.47. The van der Waals surface area contributed by atoms with E-state index in [0.29, 0.717) is 5.56 Å². The molecule has 0 aliphatic heterocycles. The summed E-state index contributed by atoms with van der Waals surface area (Å²) in [5.41, 5.74) is -0.855. The standard InChI is InChI=1S/C19H21NO4S/c1-3-19(18(22)23,14-7-5-4-6-8-14)20-17(21)13-25-16-11-9-15(24-2)10-12-16/h4-12H,3,13H2,1-2H3,(H,20,21)(H,22,23). The molecular weight excluding hydrogens is 338 g/mol. The molecule has 0 heterocycles. The maximum Gasteiger partial charge on any atom is 0.334 e. The highest BCUT2D eigenvalue weighted by atomic mass is 32.2. The summed E-state index contributed by atoms with van der Waals surface area (Å²) < 4.78 is 5.10. The van der Waals surface area contributed by atoms with Crippen molar-refractivity contribution in [3.8, 4) is 5.75 Å². The number of benzene rings is 2. The molecule has 0 saturated carbocycles. The van der Waals surface area contributed by atoms with Gasteiger partial charge < -0.3 is 15.2 Å². The molecule has 2 N–H and O–H groups in total. The number of carbonyl (C=O) groups excluding carboxylic acids is 1. The van der Waals surface area contributed by atoms with E-state index in [0.717, 1.165) is 10.6 Å². The van der Waals surface area contributed by atoms with Crippen molar-refractivity contribution in [1.29, 1.82) is 0 Å². The molecule has 0 aliphatic carbocycles. The van der Waals surface area contributed by atoms with E-state index in [4.69, 9.17) is 4.74 Å². The Labute approximate surface area is 151 Å². The molecule has 5 nitrogen and oxygen atoms in total. The Kier molecular flexibility index (Phi) is 6.47. The number of rotatable bonds is 8. The van der Waals surface area contributed by atoms with Gasteiger partial charge in [-0.1, -0.05) is 37.3 Å². The largest absolute Gasteiger partial charge is 0.497 e. The van der Waals surface area contributed by atoms with Gasteiger partial charge in [-0.25, -0.2) is 4.79 Å². The topological polar surface area (TPSA) is 75.6 Å². The summed E-state index contributed by atoms with van der Waals surface area (Å²) in [6.07, 6.45) is 0.255. The fraction of sp³-hybridized carbons (Fsp3) is 0.263. The molecule has 6 heteroatoms. The molecule has 132 valence electrons. The molecular formula is C19H21NO4S. The first kappa shape index (κ1) is 18.9. The van der Waals surface area contributed by atoms with Gasteiger partial charge in [-0.05, 0) is 36.2 Å². The van der Waals surface area contributed by atoms with Crippen LogP contribution in [0.4, 0.5) is 0 Å². The lowest BCUT2D eigenvalue weighted by Crippen LogP contribution is -2.52. The average Bonchev–Trinajstić information content (AvgIpc) is 2.65. The zero-order valence-electron chi connectivity index (χ0n) is 14.2. The quantitative estimate of drug-likeness (QED) is 0.708. The van der Waals surface area contributed by atoms with Crippen LogP contribution in [-0.4, -0.2) is 29.8 Å². The molecule has 0 radical (unpaired) electrons. The molecule has 0 aliphatic rings. The van der Waals surface area contributed by atoms with Crippen LogP contribution in [0.25, 0.3) is 0 Å². The molecule has 0 aromatic heterocycles. The molecule has 0 bridgehead atoms. The summed E-state index contributed by atoms with van der Waals surface area (Å²) in [6, 6.07) is 16.1. The van der Waals surface area contributed by atoms with Crippen LogP contribution in [0.15, 0.2) is 59.5 Å². The van der Waals surface area contributed by atoms with Crippen molar-refractivity contribution in [2.45, 2.75) is 23.8 Å². The van der Waals surface area contributed by atoms with E-state index in [-0.39, 0.29) is 18.1 Å². The van der Waals surface area contributed by atoms with Gasteiger partial charge in [-0.2, -0.15) is 0 Å². The summed E-state index contributed by atoms with van der Waals surface area (Å²) in [6.45, 7) is 1.75. The highest BCUT2D eigenvalue weighted by molar-refractivity contribution is 8.00. The summed E-state index contributed by atoms with van der Waals surface area (Å²) in [7, 11) is 1.59.